The molecule has 0 aromatic rings. The van der Waals surface area contributed by atoms with Crippen molar-refractivity contribution in [2.75, 3.05) is 25.4 Å². The van der Waals surface area contributed by atoms with Crippen LogP contribution in [-0.2, 0) is 0 Å². The SMILES string of the molecule is CCCC(CS)CN(CCO)C1CCCC1. The van der Waals surface area contributed by atoms with Crippen LogP contribution in [0.1, 0.15) is 45.4 Å². The highest BCUT2D eigenvalue weighted by atomic mass is 32.1. The van der Waals surface area contributed by atoms with Crippen LogP contribution in [0.3, 0.4) is 0 Å². The number of hydrogen-bond acceptors (Lipinski definition) is 3. The summed E-state index contributed by atoms with van der Waals surface area (Å²) in [6, 6.07) is 0.728. The second kappa shape index (κ2) is 8.37. The Kier molecular flexibility index (Phi) is 7.50. The molecule has 1 rings (SSSR count). The molecule has 1 aliphatic rings. The summed E-state index contributed by atoms with van der Waals surface area (Å²) in [5.41, 5.74) is 0. The summed E-state index contributed by atoms with van der Waals surface area (Å²) < 4.78 is 0. The van der Waals surface area contributed by atoms with Gasteiger partial charge in [-0.15, -0.1) is 0 Å². The lowest BCUT2D eigenvalue weighted by Crippen LogP contribution is -2.39. The van der Waals surface area contributed by atoms with Gasteiger partial charge in [0.05, 0.1) is 6.61 Å². The third kappa shape index (κ3) is 4.64. The molecule has 3 heteroatoms. The van der Waals surface area contributed by atoms with E-state index in [1.54, 1.807) is 0 Å². The van der Waals surface area contributed by atoms with Crippen LogP contribution >= 0.6 is 12.6 Å². The van der Waals surface area contributed by atoms with Gasteiger partial charge < -0.3 is 5.11 Å². The molecule has 16 heavy (non-hydrogen) atoms. The van der Waals surface area contributed by atoms with E-state index < -0.39 is 0 Å². The van der Waals surface area contributed by atoms with Crippen molar-refractivity contribution >= 4 is 12.6 Å². The minimum atomic E-state index is 0.294. The molecular formula is C13H27NOS. The zero-order valence-electron chi connectivity index (χ0n) is 10.6. The summed E-state index contributed by atoms with van der Waals surface area (Å²) in [4.78, 5) is 2.50. The Hall–Kier alpha value is 0.270. The Morgan fingerprint density at radius 2 is 2.06 bits per heavy atom. The number of thiol groups is 1. The molecule has 0 spiro atoms. The summed E-state index contributed by atoms with van der Waals surface area (Å²) in [6.07, 6.45) is 7.88. The van der Waals surface area contributed by atoms with Gasteiger partial charge in [-0.3, -0.25) is 4.90 Å². The highest BCUT2D eigenvalue weighted by Gasteiger charge is 2.23. The molecule has 0 amide bonds. The molecule has 1 fully saturated rings. The van der Waals surface area contributed by atoms with Crippen molar-refractivity contribution in [3.05, 3.63) is 0 Å². The quantitative estimate of drug-likeness (QED) is 0.642. The maximum atomic E-state index is 9.15. The fraction of sp³-hybridized carbons (Fsp3) is 1.00. The lowest BCUT2D eigenvalue weighted by molar-refractivity contribution is 0.133. The van der Waals surface area contributed by atoms with Crippen molar-refractivity contribution < 1.29 is 5.11 Å². The first-order chi connectivity index (χ1) is 7.81. The highest BCUT2D eigenvalue weighted by molar-refractivity contribution is 7.80. The molecule has 1 aliphatic carbocycles. The summed E-state index contributed by atoms with van der Waals surface area (Å²) in [5.74, 6) is 1.67. The fourth-order valence-electron chi connectivity index (χ4n) is 2.80. The average Bonchev–Trinajstić information content (AvgIpc) is 2.81. The molecule has 0 heterocycles. The third-order valence-electron chi connectivity index (χ3n) is 3.68. The van der Waals surface area contributed by atoms with Crippen LogP contribution in [0.15, 0.2) is 0 Å². The zero-order chi connectivity index (χ0) is 11.8. The van der Waals surface area contributed by atoms with Crippen LogP contribution in [0.2, 0.25) is 0 Å². The van der Waals surface area contributed by atoms with Gasteiger partial charge >= 0.3 is 0 Å². The Morgan fingerprint density at radius 3 is 2.56 bits per heavy atom. The summed E-state index contributed by atoms with van der Waals surface area (Å²) in [6.45, 7) is 4.51. The van der Waals surface area contributed by atoms with E-state index in [4.69, 9.17) is 5.11 Å². The molecule has 2 nitrogen and oxygen atoms in total. The van der Waals surface area contributed by atoms with Gasteiger partial charge in [0.15, 0.2) is 0 Å². The van der Waals surface area contributed by atoms with E-state index in [0.29, 0.717) is 12.5 Å². The van der Waals surface area contributed by atoms with Crippen LogP contribution < -0.4 is 0 Å². The standard InChI is InChI=1S/C13H27NOS/c1-2-5-12(11-16)10-14(8-9-15)13-6-3-4-7-13/h12-13,15-16H,2-11H2,1H3. The molecule has 0 saturated heterocycles. The number of nitrogens with zero attached hydrogens (tertiary/aromatic N) is 1. The maximum Gasteiger partial charge on any atom is 0.0558 e. The van der Waals surface area contributed by atoms with Gasteiger partial charge in [0.2, 0.25) is 0 Å². The first-order valence-electron chi connectivity index (χ1n) is 6.77. The number of aliphatic hydroxyl groups is 1. The van der Waals surface area contributed by atoms with Crippen LogP contribution in [-0.4, -0.2) is 41.5 Å². The second-order valence-electron chi connectivity index (χ2n) is 4.99. The fourth-order valence-corrected chi connectivity index (χ4v) is 3.10. The van der Waals surface area contributed by atoms with E-state index in [1.165, 1.54) is 38.5 Å². The largest absolute Gasteiger partial charge is 0.395 e. The Bertz CT molecular complexity index is 171. The van der Waals surface area contributed by atoms with Crippen molar-refractivity contribution in [1.82, 2.24) is 4.90 Å². The number of rotatable bonds is 8. The lowest BCUT2D eigenvalue weighted by atomic mass is 10.0. The molecular weight excluding hydrogens is 218 g/mol. The topological polar surface area (TPSA) is 23.5 Å². The molecule has 0 radical (unpaired) electrons. The molecule has 1 N–H and O–H groups in total. The van der Waals surface area contributed by atoms with Gasteiger partial charge in [0, 0.05) is 19.1 Å². The molecule has 1 atom stereocenters. The van der Waals surface area contributed by atoms with E-state index in [-0.39, 0.29) is 0 Å². The summed E-state index contributed by atoms with van der Waals surface area (Å²) in [7, 11) is 0. The predicted molar refractivity (Wildman–Crippen MR) is 73.2 cm³/mol. The van der Waals surface area contributed by atoms with Crippen molar-refractivity contribution in [3.8, 4) is 0 Å². The normalized spacial score (nSPS) is 19.5. The average molecular weight is 245 g/mol. The van der Waals surface area contributed by atoms with Crippen LogP contribution in [0.4, 0.5) is 0 Å². The summed E-state index contributed by atoms with van der Waals surface area (Å²) >= 11 is 4.45. The van der Waals surface area contributed by atoms with E-state index in [0.717, 1.165) is 24.9 Å². The van der Waals surface area contributed by atoms with Gasteiger partial charge in [-0.05, 0) is 30.9 Å². The van der Waals surface area contributed by atoms with Crippen LogP contribution in [0, 0.1) is 5.92 Å². The van der Waals surface area contributed by atoms with Crippen LogP contribution in [0.5, 0.6) is 0 Å². The summed E-state index contributed by atoms with van der Waals surface area (Å²) in [5, 5.41) is 9.15. The Labute approximate surface area is 106 Å². The number of aliphatic hydroxyl groups excluding tert-OH is 1. The second-order valence-corrected chi connectivity index (χ2v) is 5.36. The van der Waals surface area contributed by atoms with Crippen molar-refractivity contribution in [3.63, 3.8) is 0 Å². The van der Waals surface area contributed by atoms with Crippen molar-refractivity contribution in [2.45, 2.75) is 51.5 Å². The van der Waals surface area contributed by atoms with E-state index >= 15 is 0 Å². The van der Waals surface area contributed by atoms with Crippen molar-refractivity contribution in [2.24, 2.45) is 5.92 Å². The van der Waals surface area contributed by atoms with E-state index in [1.807, 2.05) is 0 Å². The number of hydrogen-bond donors (Lipinski definition) is 2. The molecule has 1 saturated carbocycles. The first-order valence-corrected chi connectivity index (χ1v) is 7.40. The Morgan fingerprint density at radius 1 is 1.38 bits per heavy atom. The molecule has 0 aromatic carbocycles. The smallest absolute Gasteiger partial charge is 0.0558 e. The van der Waals surface area contributed by atoms with Crippen molar-refractivity contribution in [1.29, 1.82) is 0 Å². The monoisotopic (exact) mass is 245 g/mol. The lowest BCUT2D eigenvalue weighted by Gasteiger charge is -2.31. The third-order valence-corrected chi connectivity index (χ3v) is 4.19. The van der Waals surface area contributed by atoms with Gasteiger partial charge in [-0.1, -0.05) is 26.2 Å². The highest BCUT2D eigenvalue weighted by Crippen LogP contribution is 2.24. The van der Waals surface area contributed by atoms with Gasteiger partial charge in [0.1, 0.15) is 0 Å². The van der Waals surface area contributed by atoms with Gasteiger partial charge in [-0.25, -0.2) is 0 Å². The molecule has 0 bridgehead atoms. The maximum absolute atomic E-state index is 9.15. The van der Waals surface area contributed by atoms with E-state index in [9.17, 15) is 0 Å². The zero-order valence-corrected chi connectivity index (χ0v) is 11.5. The molecule has 1 unspecified atom stereocenters. The molecule has 96 valence electrons. The minimum Gasteiger partial charge on any atom is -0.395 e. The van der Waals surface area contributed by atoms with Crippen LogP contribution in [0.25, 0.3) is 0 Å². The van der Waals surface area contributed by atoms with E-state index in [2.05, 4.69) is 24.5 Å². The predicted octanol–water partition coefficient (Wildman–Crippen LogP) is 2.57. The van der Waals surface area contributed by atoms with Gasteiger partial charge in [-0.2, -0.15) is 12.6 Å². The Balaban J connectivity index is 2.41. The first kappa shape index (κ1) is 14.3. The van der Waals surface area contributed by atoms with Gasteiger partial charge in [0.25, 0.3) is 0 Å². The molecule has 0 aliphatic heterocycles. The molecule has 0 aromatic heterocycles. The minimum absolute atomic E-state index is 0.294.